The largest absolute Gasteiger partial charge is 0.454 e. The highest BCUT2D eigenvalue weighted by Gasteiger charge is 2.46. The number of nitrogens with one attached hydrogen (secondary N) is 3. The minimum Gasteiger partial charge on any atom is -0.454 e. The summed E-state index contributed by atoms with van der Waals surface area (Å²) in [5.74, 6) is 1.16. The highest BCUT2D eigenvalue weighted by atomic mass is 35.5. The van der Waals surface area contributed by atoms with E-state index in [-0.39, 0.29) is 5.91 Å². The number of aldehydes is 1. The van der Waals surface area contributed by atoms with Gasteiger partial charge in [0, 0.05) is 36.1 Å². The van der Waals surface area contributed by atoms with Gasteiger partial charge in [-0.1, -0.05) is 36.7 Å². The number of carbonyl (C=O) groups excluding carboxylic acids is 2. The maximum atomic E-state index is 12.5. The molecule has 1 atom stereocenters. The summed E-state index contributed by atoms with van der Waals surface area (Å²) >= 11 is 13.0. The molecule has 1 aliphatic heterocycles. The Kier molecular flexibility index (Phi) is 7.92. The van der Waals surface area contributed by atoms with Gasteiger partial charge in [-0.2, -0.15) is 0 Å². The van der Waals surface area contributed by atoms with E-state index in [0.717, 1.165) is 53.7 Å². The van der Waals surface area contributed by atoms with Crippen LogP contribution in [-0.2, 0) is 21.4 Å². The summed E-state index contributed by atoms with van der Waals surface area (Å²) in [5, 5.41) is 10.0. The van der Waals surface area contributed by atoms with Crippen LogP contribution in [0.1, 0.15) is 44.2 Å². The molecule has 2 aromatic carbocycles. The van der Waals surface area contributed by atoms with Crippen LogP contribution in [0.4, 0.5) is 11.4 Å². The molecule has 176 valence electrons. The van der Waals surface area contributed by atoms with E-state index in [1.165, 1.54) is 0 Å². The van der Waals surface area contributed by atoms with E-state index >= 15 is 0 Å². The Labute approximate surface area is 204 Å². The van der Waals surface area contributed by atoms with Crippen molar-refractivity contribution in [2.75, 3.05) is 24.2 Å². The van der Waals surface area contributed by atoms with Crippen LogP contribution in [0.25, 0.3) is 0 Å². The molecule has 0 fully saturated rings. The van der Waals surface area contributed by atoms with E-state index in [0.29, 0.717) is 34.5 Å². The average Bonchev–Trinajstić information content (AvgIpc) is 3.07. The number of rotatable bonds is 7. The molecule has 4 rings (SSSR count). The summed E-state index contributed by atoms with van der Waals surface area (Å²) < 4.78 is 6.19. The Morgan fingerprint density at radius 3 is 2.58 bits per heavy atom. The fourth-order valence-corrected chi connectivity index (χ4v) is 4.67. The van der Waals surface area contributed by atoms with Crippen LogP contribution in [0.15, 0.2) is 36.5 Å². The van der Waals surface area contributed by atoms with Crippen LogP contribution in [0, 0.1) is 0 Å². The first-order valence-electron chi connectivity index (χ1n) is 10.9. The second-order valence-electron chi connectivity index (χ2n) is 8.26. The lowest BCUT2D eigenvalue weighted by atomic mass is 9.72. The summed E-state index contributed by atoms with van der Waals surface area (Å²) in [5.41, 5.74) is 4.10. The number of likely N-dealkylation sites (N-methyl/N-ethyl adjacent to an activating group) is 1. The molecule has 1 unspecified atom stereocenters. The van der Waals surface area contributed by atoms with E-state index in [1.807, 2.05) is 33.0 Å². The summed E-state index contributed by atoms with van der Waals surface area (Å²) in [7, 11) is 1.82. The summed E-state index contributed by atoms with van der Waals surface area (Å²) in [4.78, 5) is 21.7. The minimum atomic E-state index is -0.501. The van der Waals surface area contributed by atoms with Crippen molar-refractivity contribution >= 4 is 46.8 Å². The first-order chi connectivity index (χ1) is 15.7. The van der Waals surface area contributed by atoms with Crippen LogP contribution < -0.4 is 20.7 Å². The van der Waals surface area contributed by atoms with Gasteiger partial charge in [0.25, 0.3) is 0 Å². The number of ether oxygens (including phenoxy) is 1. The van der Waals surface area contributed by atoms with Gasteiger partial charge in [0.15, 0.2) is 5.75 Å². The topological polar surface area (TPSA) is 79.5 Å². The van der Waals surface area contributed by atoms with E-state index < -0.39 is 5.41 Å². The zero-order valence-corrected chi connectivity index (χ0v) is 20.6. The van der Waals surface area contributed by atoms with Gasteiger partial charge in [0.1, 0.15) is 12.0 Å². The molecule has 33 heavy (non-hydrogen) atoms. The van der Waals surface area contributed by atoms with Crippen LogP contribution in [0.5, 0.6) is 11.5 Å². The number of benzene rings is 2. The molecule has 8 heteroatoms. The van der Waals surface area contributed by atoms with Crippen molar-refractivity contribution in [3.63, 3.8) is 0 Å². The summed E-state index contributed by atoms with van der Waals surface area (Å²) in [6.45, 7) is 8.25. The number of carbonyl (C=O) groups is 2. The van der Waals surface area contributed by atoms with Gasteiger partial charge in [-0.25, -0.2) is 0 Å². The van der Waals surface area contributed by atoms with E-state index in [1.54, 1.807) is 12.1 Å². The summed E-state index contributed by atoms with van der Waals surface area (Å²) in [6, 6.07) is 7.32. The monoisotopic (exact) mass is 489 g/mol. The third kappa shape index (κ3) is 5.12. The Morgan fingerprint density at radius 2 is 1.97 bits per heavy atom. The molecule has 0 spiro atoms. The first-order valence-corrected chi connectivity index (χ1v) is 11.7. The van der Waals surface area contributed by atoms with E-state index in [4.69, 9.17) is 27.9 Å². The molecule has 1 amide bonds. The van der Waals surface area contributed by atoms with Crippen LogP contribution >= 0.6 is 23.2 Å². The second-order valence-corrected chi connectivity index (χ2v) is 9.07. The standard InChI is InChI=1S/C22H23Cl2N3O2.C3H6O/c1-12(25-3)11-26-13-9-15(23)20(16(24)10-13)29-18-7-6-17-19-14(18)5-4-8-22(19,2)21(28)27-17;1-2-3-4/h6-7,9-10,25-26H,1,4-5,8,11H2,2-3H3,(H,27,28);3H,2H2,1H3. The first kappa shape index (κ1) is 24.9. The lowest BCUT2D eigenvalue weighted by molar-refractivity contribution is -0.120. The Balaban J connectivity index is 0.000000709. The lowest BCUT2D eigenvalue weighted by Crippen LogP contribution is -2.34. The molecule has 1 aliphatic carbocycles. The number of halogens is 2. The van der Waals surface area contributed by atoms with Crippen molar-refractivity contribution in [3.05, 3.63) is 57.7 Å². The predicted molar refractivity (Wildman–Crippen MR) is 135 cm³/mol. The van der Waals surface area contributed by atoms with Crippen LogP contribution in [-0.4, -0.2) is 25.8 Å². The van der Waals surface area contributed by atoms with Crippen LogP contribution in [0.2, 0.25) is 10.0 Å². The normalized spacial score (nSPS) is 17.8. The van der Waals surface area contributed by atoms with Gasteiger partial charge >= 0.3 is 0 Å². The van der Waals surface area contributed by atoms with Crippen molar-refractivity contribution in [2.45, 2.75) is 44.9 Å². The molecule has 0 saturated heterocycles. The SMILES string of the molecule is C=C(CNc1cc(Cl)c(Oc2ccc3c4c2CCCC4(C)C(=O)N3)c(Cl)c1)NC.CCC=O. The fraction of sp³-hybridized carbons (Fsp3) is 0.360. The number of amides is 1. The second kappa shape index (κ2) is 10.5. The van der Waals surface area contributed by atoms with Gasteiger partial charge in [-0.3, -0.25) is 4.79 Å². The number of hydrogen-bond donors (Lipinski definition) is 3. The maximum absolute atomic E-state index is 12.5. The van der Waals surface area contributed by atoms with Crippen molar-refractivity contribution in [1.29, 1.82) is 0 Å². The van der Waals surface area contributed by atoms with Gasteiger partial charge in [-0.15, -0.1) is 0 Å². The third-order valence-electron chi connectivity index (χ3n) is 5.91. The van der Waals surface area contributed by atoms with E-state index in [2.05, 4.69) is 22.5 Å². The molecule has 1 heterocycles. The van der Waals surface area contributed by atoms with Gasteiger partial charge in [0.05, 0.1) is 22.0 Å². The van der Waals surface area contributed by atoms with Gasteiger partial charge in [0.2, 0.25) is 5.91 Å². The molecule has 2 aromatic rings. The third-order valence-corrected chi connectivity index (χ3v) is 6.47. The fourth-order valence-electron chi connectivity index (χ4n) is 4.10. The summed E-state index contributed by atoms with van der Waals surface area (Å²) in [6.07, 6.45) is 4.13. The Bertz CT molecular complexity index is 1060. The molecular formula is C25H29Cl2N3O3. The molecule has 0 bridgehead atoms. The van der Waals surface area contributed by atoms with Gasteiger partial charge in [-0.05, 0) is 56.0 Å². The average molecular weight is 490 g/mol. The van der Waals surface area contributed by atoms with Gasteiger partial charge < -0.3 is 25.5 Å². The van der Waals surface area contributed by atoms with E-state index in [9.17, 15) is 9.59 Å². The number of anilines is 2. The highest BCUT2D eigenvalue weighted by Crippen LogP contribution is 2.50. The molecule has 0 saturated carbocycles. The lowest BCUT2D eigenvalue weighted by Gasteiger charge is -2.30. The van der Waals surface area contributed by atoms with Crippen molar-refractivity contribution in [2.24, 2.45) is 0 Å². The Morgan fingerprint density at radius 1 is 1.30 bits per heavy atom. The molecule has 0 aromatic heterocycles. The smallest absolute Gasteiger partial charge is 0.234 e. The molecule has 2 aliphatic rings. The highest BCUT2D eigenvalue weighted by molar-refractivity contribution is 6.37. The molecule has 0 radical (unpaired) electrons. The predicted octanol–water partition coefficient (Wildman–Crippen LogP) is 6.07. The zero-order chi connectivity index (χ0) is 24.2. The maximum Gasteiger partial charge on any atom is 0.234 e. The van der Waals surface area contributed by atoms with Crippen molar-refractivity contribution < 1.29 is 14.3 Å². The zero-order valence-electron chi connectivity index (χ0n) is 19.1. The quantitative estimate of drug-likeness (QED) is 0.411. The molecular weight excluding hydrogens is 461 g/mol. The van der Waals surface area contributed by atoms with Crippen molar-refractivity contribution in [1.82, 2.24) is 5.32 Å². The Hall–Kier alpha value is -2.70. The van der Waals surface area contributed by atoms with Crippen molar-refractivity contribution in [3.8, 4) is 11.5 Å². The molecule has 3 N–H and O–H groups in total. The minimum absolute atomic E-state index is 0.0558. The number of hydrogen-bond acceptors (Lipinski definition) is 5. The molecule has 6 nitrogen and oxygen atoms in total. The van der Waals surface area contributed by atoms with Crippen LogP contribution in [0.3, 0.4) is 0 Å².